The van der Waals surface area contributed by atoms with Crippen molar-refractivity contribution in [3.63, 3.8) is 0 Å². The van der Waals surface area contributed by atoms with Gasteiger partial charge in [-0.2, -0.15) is 0 Å². The molecule has 0 saturated carbocycles. The molecule has 0 unspecified atom stereocenters. The maximum absolute atomic E-state index is 12.2. The van der Waals surface area contributed by atoms with Crippen LogP contribution in [0.2, 0.25) is 0 Å². The SMILES string of the molecule is CN=C(NCCNS(=O)(=O)c1cccnc1)N1CCN(Cc2ccccc2)CC1. The first-order valence-corrected chi connectivity index (χ1v) is 11.2. The van der Waals surface area contributed by atoms with Gasteiger partial charge in [0.25, 0.3) is 0 Å². The standard InChI is InChI=1S/C20H28N6O2S/c1-21-20(23-10-11-24-29(27,28)19-8-5-9-22-16-19)26-14-12-25(13-15-26)17-18-6-3-2-4-7-18/h2-9,16,24H,10-15,17H2,1H3,(H,21,23). The van der Waals surface area contributed by atoms with E-state index in [1.54, 1.807) is 19.3 Å². The van der Waals surface area contributed by atoms with Crippen LogP contribution in [-0.2, 0) is 16.6 Å². The van der Waals surface area contributed by atoms with Crippen molar-refractivity contribution >= 4 is 16.0 Å². The van der Waals surface area contributed by atoms with E-state index in [2.05, 4.69) is 54.1 Å². The van der Waals surface area contributed by atoms with Crippen LogP contribution in [0, 0.1) is 0 Å². The van der Waals surface area contributed by atoms with Crippen molar-refractivity contribution in [1.82, 2.24) is 24.8 Å². The smallest absolute Gasteiger partial charge is 0.242 e. The average molecular weight is 417 g/mol. The third kappa shape index (κ3) is 6.25. The Labute approximate surface area is 172 Å². The van der Waals surface area contributed by atoms with Gasteiger partial charge in [0.2, 0.25) is 10.0 Å². The van der Waals surface area contributed by atoms with E-state index in [1.807, 2.05) is 6.07 Å². The third-order valence-electron chi connectivity index (χ3n) is 4.78. The number of aliphatic imine (C=N–C) groups is 1. The highest BCUT2D eigenvalue weighted by Crippen LogP contribution is 2.08. The summed E-state index contributed by atoms with van der Waals surface area (Å²) in [7, 11) is -1.79. The lowest BCUT2D eigenvalue weighted by atomic mass is 10.2. The number of guanidine groups is 1. The Balaban J connectivity index is 1.41. The van der Waals surface area contributed by atoms with Gasteiger partial charge in [0.05, 0.1) is 0 Å². The number of pyridine rings is 1. The summed E-state index contributed by atoms with van der Waals surface area (Å²) in [6, 6.07) is 13.6. The monoisotopic (exact) mass is 416 g/mol. The maximum atomic E-state index is 12.2. The number of nitrogens with zero attached hydrogens (tertiary/aromatic N) is 4. The van der Waals surface area contributed by atoms with Gasteiger partial charge in [-0.3, -0.25) is 14.9 Å². The summed E-state index contributed by atoms with van der Waals surface area (Å²) >= 11 is 0. The minimum atomic E-state index is -3.54. The topological polar surface area (TPSA) is 89.9 Å². The second-order valence-electron chi connectivity index (χ2n) is 6.81. The van der Waals surface area contributed by atoms with Crippen LogP contribution in [0.15, 0.2) is 64.7 Å². The van der Waals surface area contributed by atoms with Crippen LogP contribution < -0.4 is 10.0 Å². The van der Waals surface area contributed by atoms with E-state index in [-0.39, 0.29) is 11.4 Å². The van der Waals surface area contributed by atoms with Crippen molar-refractivity contribution in [2.24, 2.45) is 4.99 Å². The van der Waals surface area contributed by atoms with Gasteiger partial charge < -0.3 is 10.2 Å². The Morgan fingerprint density at radius 3 is 2.48 bits per heavy atom. The molecule has 2 heterocycles. The zero-order valence-electron chi connectivity index (χ0n) is 16.7. The van der Waals surface area contributed by atoms with Crippen LogP contribution in [0.1, 0.15) is 5.56 Å². The van der Waals surface area contributed by atoms with E-state index in [0.29, 0.717) is 6.54 Å². The van der Waals surface area contributed by atoms with Gasteiger partial charge in [0.15, 0.2) is 5.96 Å². The molecule has 0 amide bonds. The summed E-state index contributed by atoms with van der Waals surface area (Å²) < 4.78 is 27.0. The summed E-state index contributed by atoms with van der Waals surface area (Å²) in [5, 5.41) is 3.24. The molecular weight excluding hydrogens is 388 g/mol. The molecule has 1 fully saturated rings. The first-order chi connectivity index (χ1) is 14.1. The van der Waals surface area contributed by atoms with Crippen LogP contribution >= 0.6 is 0 Å². The molecule has 156 valence electrons. The molecule has 2 aromatic rings. The van der Waals surface area contributed by atoms with Crippen molar-refractivity contribution in [1.29, 1.82) is 0 Å². The van der Waals surface area contributed by atoms with E-state index in [4.69, 9.17) is 0 Å². The van der Waals surface area contributed by atoms with Gasteiger partial charge in [-0.25, -0.2) is 13.1 Å². The number of hydrogen-bond acceptors (Lipinski definition) is 5. The van der Waals surface area contributed by atoms with Gasteiger partial charge in [-0.05, 0) is 17.7 Å². The van der Waals surface area contributed by atoms with E-state index in [9.17, 15) is 8.42 Å². The molecule has 8 nitrogen and oxygen atoms in total. The van der Waals surface area contributed by atoms with Crippen molar-refractivity contribution in [3.05, 3.63) is 60.4 Å². The van der Waals surface area contributed by atoms with E-state index >= 15 is 0 Å². The van der Waals surface area contributed by atoms with Crippen LogP contribution in [0.5, 0.6) is 0 Å². The third-order valence-corrected chi connectivity index (χ3v) is 6.22. The zero-order chi connectivity index (χ0) is 20.5. The van der Waals surface area contributed by atoms with Gasteiger partial charge in [0, 0.05) is 65.3 Å². The Kier molecular flexibility index (Phi) is 7.56. The second-order valence-corrected chi connectivity index (χ2v) is 8.58. The Bertz CT molecular complexity index is 882. The quantitative estimate of drug-likeness (QED) is 0.393. The molecule has 0 aliphatic carbocycles. The maximum Gasteiger partial charge on any atom is 0.242 e. The molecule has 1 aromatic carbocycles. The lowest BCUT2D eigenvalue weighted by molar-refractivity contribution is 0.172. The Morgan fingerprint density at radius 2 is 1.83 bits per heavy atom. The minimum absolute atomic E-state index is 0.166. The number of rotatable bonds is 7. The number of hydrogen-bond donors (Lipinski definition) is 2. The molecule has 0 spiro atoms. The van der Waals surface area contributed by atoms with Gasteiger partial charge in [-0.1, -0.05) is 30.3 Å². The minimum Gasteiger partial charge on any atom is -0.355 e. The van der Waals surface area contributed by atoms with Crippen molar-refractivity contribution < 1.29 is 8.42 Å². The molecule has 1 aliphatic heterocycles. The Hall–Kier alpha value is -2.49. The first kappa shape index (κ1) is 21.2. The molecule has 29 heavy (non-hydrogen) atoms. The lowest BCUT2D eigenvalue weighted by Crippen LogP contribution is -2.52. The highest BCUT2D eigenvalue weighted by atomic mass is 32.2. The van der Waals surface area contributed by atoms with E-state index in [0.717, 1.165) is 38.7 Å². The number of nitrogens with one attached hydrogen (secondary N) is 2. The van der Waals surface area contributed by atoms with Crippen molar-refractivity contribution in [2.45, 2.75) is 11.4 Å². The molecule has 0 atom stereocenters. The number of piperazine rings is 1. The normalized spacial score (nSPS) is 16.0. The lowest BCUT2D eigenvalue weighted by Gasteiger charge is -2.36. The van der Waals surface area contributed by atoms with Crippen molar-refractivity contribution in [3.8, 4) is 0 Å². The largest absolute Gasteiger partial charge is 0.355 e. The fraction of sp³-hybridized carbons (Fsp3) is 0.400. The van der Waals surface area contributed by atoms with Crippen LogP contribution in [0.4, 0.5) is 0 Å². The highest BCUT2D eigenvalue weighted by molar-refractivity contribution is 7.89. The van der Waals surface area contributed by atoms with Gasteiger partial charge >= 0.3 is 0 Å². The first-order valence-electron chi connectivity index (χ1n) is 9.70. The molecule has 0 radical (unpaired) electrons. The molecule has 1 aromatic heterocycles. The van der Waals surface area contributed by atoms with Crippen LogP contribution in [0.25, 0.3) is 0 Å². The number of aromatic nitrogens is 1. The Morgan fingerprint density at radius 1 is 1.07 bits per heavy atom. The summed E-state index contributed by atoms with van der Waals surface area (Å²) in [5.41, 5.74) is 1.32. The van der Waals surface area contributed by atoms with Crippen LogP contribution in [0.3, 0.4) is 0 Å². The summed E-state index contributed by atoms with van der Waals surface area (Å²) in [4.78, 5) is 13.0. The molecule has 1 saturated heterocycles. The van der Waals surface area contributed by atoms with Gasteiger partial charge in [-0.15, -0.1) is 0 Å². The average Bonchev–Trinajstić information content (AvgIpc) is 2.76. The number of sulfonamides is 1. The molecule has 2 N–H and O–H groups in total. The highest BCUT2D eigenvalue weighted by Gasteiger charge is 2.19. The van der Waals surface area contributed by atoms with Gasteiger partial charge in [0.1, 0.15) is 4.90 Å². The second kappa shape index (κ2) is 10.3. The van der Waals surface area contributed by atoms with Crippen molar-refractivity contribution in [2.75, 3.05) is 46.3 Å². The predicted molar refractivity (Wildman–Crippen MR) is 114 cm³/mol. The molecular formula is C20H28N6O2S. The fourth-order valence-electron chi connectivity index (χ4n) is 3.24. The fourth-order valence-corrected chi connectivity index (χ4v) is 4.24. The molecule has 3 rings (SSSR count). The van der Waals surface area contributed by atoms with Crippen LogP contribution in [-0.4, -0.2) is 75.5 Å². The zero-order valence-corrected chi connectivity index (χ0v) is 17.5. The van der Waals surface area contributed by atoms with E-state index in [1.165, 1.54) is 17.8 Å². The summed E-state index contributed by atoms with van der Waals surface area (Å²) in [6.07, 6.45) is 2.88. The number of benzene rings is 1. The molecule has 1 aliphatic rings. The predicted octanol–water partition coefficient (Wildman–Crippen LogP) is 0.753. The summed E-state index contributed by atoms with van der Waals surface area (Å²) in [6.45, 7) is 5.37. The molecule has 9 heteroatoms. The summed E-state index contributed by atoms with van der Waals surface area (Å²) in [5.74, 6) is 0.796. The molecule has 0 bridgehead atoms. The van der Waals surface area contributed by atoms with E-state index < -0.39 is 10.0 Å².